The smallest absolute Gasteiger partial charge is 0.323 e. The third-order valence-electron chi connectivity index (χ3n) is 2.88. The fraction of sp³-hybridized carbons (Fsp3) is 0.583. The highest BCUT2D eigenvalue weighted by molar-refractivity contribution is 5.85. The van der Waals surface area contributed by atoms with Crippen LogP contribution in [0, 0.1) is 5.92 Å². The second kappa shape index (κ2) is 7.40. The van der Waals surface area contributed by atoms with Gasteiger partial charge in [-0.25, -0.2) is 4.79 Å². The highest BCUT2D eigenvalue weighted by Crippen LogP contribution is 2.16. The van der Waals surface area contributed by atoms with E-state index in [0.29, 0.717) is 12.5 Å². The number of urea groups is 1. The Bertz CT molecular complexity index is 365. The molecule has 19 heavy (non-hydrogen) atoms. The van der Waals surface area contributed by atoms with Crippen LogP contribution in [0.5, 0.6) is 0 Å². The normalized spacial score (nSPS) is 17.8. The summed E-state index contributed by atoms with van der Waals surface area (Å²) in [6.45, 7) is -0.472. The quantitative estimate of drug-likeness (QED) is 0.585. The highest BCUT2D eigenvalue weighted by atomic mass is 16.4. The van der Waals surface area contributed by atoms with E-state index in [1.54, 1.807) is 0 Å². The third kappa shape index (κ3) is 5.89. The second-order valence-electron chi connectivity index (χ2n) is 4.55. The molecule has 0 aromatic rings. The van der Waals surface area contributed by atoms with E-state index >= 15 is 0 Å². The summed E-state index contributed by atoms with van der Waals surface area (Å²) in [6, 6.07) is -0.573. The Labute approximate surface area is 111 Å². The molecule has 0 aromatic heterocycles. The summed E-state index contributed by atoms with van der Waals surface area (Å²) in [4.78, 5) is 34.1. The van der Waals surface area contributed by atoms with Gasteiger partial charge in [0.15, 0.2) is 0 Å². The Morgan fingerprint density at radius 1 is 1.32 bits per heavy atom. The van der Waals surface area contributed by atoms with Crippen LogP contribution >= 0.6 is 0 Å². The van der Waals surface area contributed by atoms with Crippen molar-refractivity contribution in [3.8, 4) is 0 Å². The zero-order valence-corrected chi connectivity index (χ0v) is 10.7. The number of carboxylic acid groups (broad SMARTS) is 1. The van der Waals surface area contributed by atoms with Crippen molar-refractivity contribution in [1.82, 2.24) is 10.2 Å². The van der Waals surface area contributed by atoms with Gasteiger partial charge in [0, 0.05) is 6.54 Å². The lowest BCUT2D eigenvalue weighted by Gasteiger charge is -2.23. The number of carbonyl (C=O) groups is 3. The van der Waals surface area contributed by atoms with E-state index in [4.69, 9.17) is 10.8 Å². The largest absolute Gasteiger partial charge is 0.480 e. The lowest BCUT2D eigenvalue weighted by Crippen LogP contribution is -2.47. The molecular weight excluding hydrogens is 250 g/mol. The molecule has 0 saturated carbocycles. The molecule has 0 bridgehead atoms. The maximum atomic E-state index is 11.8. The SMILES string of the molecule is NC(=O)CN(CC(=O)O)C(=O)NCC1CC=CCC1. The van der Waals surface area contributed by atoms with Crippen molar-refractivity contribution in [1.29, 1.82) is 0 Å². The number of rotatable bonds is 6. The molecule has 0 fully saturated rings. The molecule has 0 spiro atoms. The van der Waals surface area contributed by atoms with Crippen LogP contribution in [0.3, 0.4) is 0 Å². The summed E-state index contributed by atoms with van der Waals surface area (Å²) >= 11 is 0. The summed E-state index contributed by atoms with van der Waals surface area (Å²) in [5.41, 5.74) is 4.98. The monoisotopic (exact) mass is 269 g/mol. The molecular formula is C12H19N3O4. The number of nitrogens with two attached hydrogens (primary N) is 1. The first-order valence-electron chi connectivity index (χ1n) is 6.17. The first-order valence-corrected chi connectivity index (χ1v) is 6.17. The molecule has 1 atom stereocenters. The van der Waals surface area contributed by atoms with E-state index in [1.165, 1.54) is 0 Å². The van der Waals surface area contributed by atoms with E-state index in [9.17, 15) is 14.4 Å². The van der Waals surface area contributed by atoms with Crippen molar-refractivity contribution >= 4 is 17.9 Å². The minimum atomic E-state index is -1.18. The van der Waals surface area contributed by atoms with Crippen molar-refractivity contribution in [3.05, 3.63) is 12.2 Å². The van der Waals surface area contributed by atoms with Gasteiger partial charge in [-0.3, -0.25) is 9.59 Å². The van der Waals surface area contributed by atoms with Crippen molar-refractivity contribution in [2.45, 2.75) is 19.3 Å². The second-order valence-corrected chi connectivity index (χ2v) is 4.55. The number of aliphatic carboxylic acids is 1. The van der Waals surface area contributed by atoms with Gasteiger partial charge in [-0.05, 0) is 25.2 Å². The number of hydrogen-bond donors (Lipinski definition) is 3. The van der Waals surface area contributed by atoms with Crippen LogP contribution in [0.2, 0.25) is 0 Å². The lowest BCUT2D eigenvalue weighted by atomic mass is 9.94. The van der Waals surface area contributed by atoms with Crippen molar-refractivity contribution in [2.75, 3.05) is 19.6 Å². The van der Waals surface area contributed by atoms with Gasteiger partial charge in [-0.2, -0.15) is 0 Å². The molecule has 4 N–H and O–H groups in total. The molecule has 7 heteroatoms. The summed E-state index contributed by atoms with van der Waals surface area (Å²) in [5.74, 6) is -1.57. The number of allylic oxidation sites excluding steroid dienone is 2. The molecule has 0 saturated heterocycles. The fourth-order valence-corrected chi connectivity index (χ4v) is 1.94. The first kappa shape index (κ1) is 15.0. The number of nitrogens with zero attached hydrogens (tertiary/aromatic N) is 1. The molecule has 1 unspecified atom stereocenters. The average molecular weight is 269 g/mol. The number of primary amides is 1. The Morgan fingerprint density at radius 2 is 2.05 bits per heavy atom. The predicted octanol–water partition coefficient (Wildman–Crippen LogP) is -0.0758. The Morgan fingerprint density at radius 3 is 2.58 bits per heavy atom. The standard InChI is InChI=1S/C12H19N3O4/c13-10(16)7-15(8-11(17)18)12(19)14-6-9-4-2-1-3-5-9/h1-2,9H,3-8H2,(H2,13,16)(H,14,19)(H,17,18). The van der Waals surface area contributed by atoms with Crippen LogP contribution in [0.4, 0.5) is 4.79 Å². The number of carbonyl (C=O) groups excluding carboxylic acids is 2. The summed E-state index contributed by atoms with van der Waals surface area (Å²) in [6.07, 6.45) is 7.04. The van der Waals surface area contributed by atoms with Gasteiger partial charge in [0.2, 0.25) is 5.91 Å². The van der Waals surface area contributed by atoms with Crippen molar-refractivity contribution in [2.24, 2.45) is 11.7 Å². The Balaban J connectivity index is 2.43. The minimum Gasteiger partial charge on any atom is -0.480 e. The van der Waals surface area contributed by atoms with Crippen LogP contribution in [0.25, 0.3) is 0 Å². The molecule has 106 valence electrons. The van der Waals surface area contributed by atoms with Crippen molar-refractivity contribution in [3.63, 3.8) is 0 Å². The van der Waals surface area contributed by atoms with Crippen LogP contribution in [-0.4, -0.2) is 47.5 Å². The van der Waals surface area contributed by atoms with E-state index < -0.39 is 31.0 Å². The summed E-state index contributed by atoms with van der Waals surface area (Å²) in [5, 5.41) is 11.3. The number of hydrogen-bond acceptors (Lipinski definition) is 3. The highest BCUT2D eigenvalue weighted by Gasteiger charge is 2.19. The van der Waals surface area contributed by atoms with E-state index in [1.807, 2.05) is 0 Å². The fourth-order valence-electron chi connectivity index (χ4n) is 1.94. The van der Waals surface area contributed by atoms with E-state index in [2.05, 4.69) is 17.5 Å². The van der Waals surface area contributed by atoms with Gasteiger partial charge in [0.05, 0.1) is 0 Å². The molecule has 7 nitrogen and oxygen atoms in total. The van der Waals surface area contributed by atoms with Gasteiger partial charge in [-0.15, -0.1) is 0 Å². The van der Waals surface area contributed by atoms with Gasteiger partial charge < -0.3 is 21.1 Å². The molecule has 1 aliphatic carbocycles. The Kier molecular flexibility index (Phi) is 5.84. The average Bonchev–Trinajstić information content (AvgIpc) is 2.35. The molecule has 0 aromatic carbocycles. The maximum Gasteiger partial charge on any atom is 0.323 e. The van der Waals surface area contributed by atoms with Gasteiger partial charge in [0.25, 0.3) is 0 Å². The molecule has 0 heterocycles. The van der Waals surface area contributed by atoms with Gasteiger partial charge >= 0.3 is 12.0 Å². The topological polar surface area (TPSA) is 113 Å². The van der Waals surface area contributed by atoms with Crippen LogP contribution in [-0.2, 0) is 9.59 Å². The Hall–Kier alpha value is -2.05. The zero-order chi connectivity index (χ0) is 14.3. The van der Waals surface area contributed by atoms with E-state index in [-0.39, 0.29) is 0 Å². The van der Waals surface area contributed by atoms with Crippen molar-refractivity contribution < 1.29 is 19.5 Å². The van der Waals surface area contributed by atoms with E-state index in [0.717, 1.165) is 24.2 Å². The number of carboxylic acids is 1. The number of amides is 3. The van der Waals surface area contributed by atoms with Gasteiger partial charge in [0.1, 0.15) is 13.1 Å². The zero-order valence-electron chi connectivity index (χ0n) is 10.7. The van der Waals surface area contributed by atoms with Crippen LogP contribution in [0.15, 0.2) is 12.2 Å². The summed E-state index contributed by atoms with van der Waals surface area (Å²) < 4.78 is 0. The van der Waals surface area contributed by atoms with Gasteiger partial charge in [-0.1, -0.05) is 12.2 Å². The lowest BCUT2D eigenvalue weighted by molar-refractivity contribution is -0.137. The molecule has 1 aliphatic rings. The van der Waals surface area contributed by atoms with Crippen LogP contribution < -0.4 is 11.1 Å². The molecule has 3 amide bonds. The maximum absolute atomic E-state index is 11.8. The third-order valence-corrected chi connectivity index (χ3v) is 2.88. The summed E-state index contributed by atoms with van der Waals surface area (Å²) in [7, 11) is 0. The predicted molar refractivity (Wildman–Crippen MR) is 68.3 cm³/mol. The molecule has 0 aliphatic heterocycles. The van der Waals surface area contributed by atoms with Crippen LogP contribution in [0.1, 0.15) is 19.3 Å². The molecule has 0 radical (unpaired) electrons. The first-order chi connectivity index (χ1) is 8.99. The number of nitrogens with one attached hydrogen (secondary N) is 1. The molecule has 1 rings (SSSR count). The minimum absolute atomic E-state index is 0.356.